The van der Waals surface area contributed by atoms with E-state index in [1.165, 1.54) is 7.11 Å². The highest BCUT2D eigenvalue weighted by atomic mass is 16.5. The van der Waals surface area contributed by atoms with Gasteiger partial charge in [-0.1, -0.05) is 42.5 Å². The monoisotopic (exact) mass is 448 g/mol. The van der Waals surface area contributed by atoms with Crippen LogP contribution in [0.4, 0.5) is 0 Å². The predicted octanol–water partition coefficient (Wildman–Crippen LogP) is 0.375. The third-order valence-corrected chi connectivity index (χ3v) is 5.28. The number of piperazine rings is 1. The fourth-order valence-corrected chi connectivity index (χ4v) is 3.54. The number of rotatable bonds is 8. The van der Waals surface area contributed by atoms with E-state index in [4.69, 9.17) is 10.00 Å². The first-order chi connectivity index (χ1) is 15.9. The molecule has 1 saturated heterocycles. The lowest BCUT2D eigenvalue weighted by molar-refractivity contribution is -0.145. The quantitative estimate of drug-likeness (QED) is 0.499. The second-order valence-electron chi connectivity index (χ2n) is 7.67. The fraction of sp³-hybridized carbons (Fsp3) is 0.292. The van der Waals surface area contributed by atoms with Gasteiger partial charge in [0.2, 0.25) is 17.7 Å². The molecule has 1 fully saturated rings. The molecular formula is C24H24N4O5. The molecule has 0 radical (unpaired) electrons. The molecule has 33 heavy (non-hydrogen) atoms. The summed E-state index contributed by atoms with van der Waals surface area (Å²) >= 11 is 0. The molecule has 3 amide bonds. The maximum Gasteiger partial charge on any atom is 0.328 e. The van der Waals surface area contributed by atoms with Gasteiger partial charge in [0.1, 0.15) is 18.1 Å². The van der Waals surface area contributed by atoms with Crippen LogP contribution in [0.15, 0.2) is 54.6 Å². The van der Waals surface area contributed by atoms with Crippen LogP contribution in [0.5, 0.6) is 0 Å². The van der Waals surface area contributed by atoms with Gasteiger partial charge in [-0.15, -0.1) is 0 Å². The Morgan fingerprint density at radius 3 is 2.27 bits per heavy atom. The van der Waals surface area contributed by atoms with Crippen molar-refractivity contribution in [3.63, 3.8) is 0 Å². The van der Waals surface area contributed by atoms with Crippen LogP contribution in [0.25, 0.3) is 0 Å². The van der Waals surface area contributed by atoms with Crippen molar-refractivity contribution in [3.05, 3.63) is 71.3 Å². The van der Waals surface area contributed by atoms with Crippen LogP contribution in [0.3, 0.4) is 0 Å². The van der Waals surface area contributed by atoms with Crippen LogP contribution in [0.1, 0.15) is 23.1 Å². The lowest BCUT2D eigenvalue weighted by Crippen LogP contribution is -2.63. The minimum absolute atomic E-state index is 0.145. The predicted molar refractivity (Wildman–Crippen MR) is 117 cm³/mol. The molecule has 3 atom stereocenters. The Morgan fingerprint density at radius 1 is 1.00 bits per heavy atom. The van der Waals surface area contributed by atoms with Crippen molar-refractivity contribution in [3.8, 4) is 6.07 Å². The summed E-state index contributed by atoms with van der Waals surface area (Å²) in [6, 6.07) is 15.1. The summed E-state index contributed by atoms with van der Waals surface area (Å²) in [6.45, 7) is 0. The van der Waals surface area contributed by atoms with Gasteiger partial charge in [-0.2, -0.15) is 5.26 Å². The number of methoxy groups -OCH3 is 1. The highest BCUT2D eigenvalue weighted by Crippen LogP contribution is 2.10. The smallest absolute Gasteiger partial charge is 0.328 e. The molecule has 3 rings (SSSR count). The number of hydrogen-bond donors (Lipinski definition) is 3. The minimum Gasteiger partial charge on any atom is -0.467 e. The third kappa shape index (κ3) is 6.40. The average Bonchev–Trinajstić information content (AvgIpc) is 2.82. The number of amides is 3. The number of hydrogen-bond acceptors (Lipinski definition) is 6. The molecule has 2 aromatic carbocycles. The van der Waals surface area contributed by atoms with E-state index in [2.05, 4.69) is 16.0 Å². The number of nitrogens with zero attached hydrogens (tertiary/aromatic N) is 1. The fourth-order valence-electron chi connectivity index (χ4n) is 3.54. The number of ether oxygens (including phenoxy) is 1. The molecule has 9 heteroatoms. The first-order valence-corrected chi connectivity index (χ1v) is 10.4. The molecule has 0 aromatic heterocycles. The van der Waals surface area contributed by atoms with E-state index >= 15 is 0 Å². The Hall–Kier alpha value is -4.19. The van der Waals surface area contributed by atoms with Gasteiger partial charge in [0.15, 0.2) is 0 Å². The summed E-state index contributed by atoms with van der Waals surface area (Å²) in [4.78, 5) is 49.7. The summed E-state index contributed by atoms with van der Waals surface area (Å²) in [5.41, 5.74) is 2.09. The van der Waals surface area contributed by atoms with Crippen molar-refractivity contribution in [2.24, 2.45) is 0 Å². The van der Waals surface area contributed by atoms with Crippen LogP contribution < -0.4 is 16.0 Å². The summed E-state index contributed by atoms with van der Waals surface area (Å²) < 4.78 is 4.77. The van der Waals surface area contributed by atoms with E-state index in [9.17, 15) is 19.2 Å². The number of nitrogens with one attached hydrogen (secondary N) is 3. The molecule has 9 nitrogen and oxygen atoms in total. The number of carbonyl (C=O) groups excluding carboxylic acids is 4. The lowest BCUT2D eigenvalue weighted by atomic mass is 10.0. The Kier molecular flexibility index (Phi) is 7.76. The first kappa shape index (κ1) is 23.5. The normalized spacial score (nSPS) is 18.3. The van der Waals surface area contributed by atoms with Crippen molar-refractivity contribution in [2.45, 2.75) is 37.4 Å². The molecule has 1 aliphatic heterocycles. The third-order valence-electron chi connectivity index (χ3n) is 5.28. The van der Waals surface area contributed by atoms with Crippen molar-refractivity contribution < 1.29 is 23.9 Å². The Labute approximate surface area is 191 Å². The number of benzene rings is 2. The van der Waals surface area contributed by atoms with E-state index < -0.39 is 35.9 Å². The largest absolute Gasteiger partial charge is 0.467 e. The molecular weight excluding hydrogens is 424 g/mol. The minimum atomic E-state index is -1.04. The zero-order valence-electron chi connectivity index (χ0n) is 18.0. The van der Waals surface area contributed by atoms with Crippen molar-refractivity contribution >= 4 is 23.7 Å². The highest BCUT2D eigenvalue weighted by Gasteiger charge is 2.35. The maximum absolute atomic E-state index is 12.6. The topological polar surface area (TPSA) is 137 Å². The average molecular weight is 448 g/mol. The van der Waals surface area contributed by atoms with Crippen LogP contribution in [0.2, 0.25) is 0 Å². The summed E-state index contributed by atoms with van der Waals surface area (Å²) in [5.74, 6) is -2.07. The van der Waals surface area contributed by atoms with Crippen molar-refractivity contribution in [1.29, 1.82) is 5.26 Å². The number of nitriles is 1. The van der Waals surface area contributed by atoms with Crippen LogP contribution in [0, 0.1) is 11.3 Å². The molecule has 0 aliphatic carbocycles. The molecule has 2 aromatic rings. The lowest BCUT2D eigenvalue weighted by Gasteiger charge is -2.29. The molecule has 0 saturated carbocycles. The van der Waals surface area contributed by atoms with Gasteiger partial charge in [-0.25, -0.2) is 4.79 Å². The molecule has 3 N–H and O–H groups in total. The summed E-state index contributed by atoms with van der Waals surface area (Å²) in [6.07, 6.45) is 0.162. The van der Waals surface area contributed by atoms with Gasteiger partial charge in [-0.3, -0.25) is 14.4 Å². The highest BCUT2D eigenvalue weighted by molar-refractivity contribution is 5.99. The van der Waals surface area contributed by atoms with Crippen LogP contribution in [-0.2, 0) is 36.8 Å². The van der Waals surface area contributed by atoms with E-state index in [1.807, 2.05) is 36.4 Å². The van der Waals surface area contributed by atoms with Crippen LogP contribution in [-0.4, -0.2) is 48.9 Å². The summed E-state index contributed by atoms with van der Waals surface area (Å²) in [5, 5.41) is 16.7. The molecule has 1 aliphatic rings. The molecule has 0 spiro atoms. The second-order valence-corrected chi connectivity index (χ2v) is 7.67. The van der Waals surface area contributed by atoms with Gasteiger partial charge >= 0.3 is 5.97 Å². The standard InChI is InChI=1S/C24H24N4O5/c1-33-24(32)20(12-16-7-9-17(14-25)10-8-16)26-21(29)13-19-23(31)27-18(22(30)28-19)11-15-5-3-2-4-6-15/h2-10,18-20H,11-13H2,1H3,(H,26,29)(H,27,31)(H,28,30)/t18-,19-,20-/m0/s1. The van der Waals surface area contributed by atoms with Gasteiger partial charge in [-0.05, 0) is 23.3 Å². The van der Waals surface area contributed by atoms with E-state index in [1.54, 1.807) is 24.3 Å². The Morgan fingerprint density at radius 2 is 1.64 bits per heavy atom. The first-order valence-electron chi connectivity index (χ1n) is 10.4. The maximum atomic E-state index is 12.6. The van der Waals surface area contributed by atoms with Gasteiger partial charge in [0, 0.05) is 12.8 Å². The van der Waals surface area contributed by atoms with Gasteiger partial charge in [0.05, 0.1) is 25.2 Å². The molecule has 170 valence electrons. The Balaban J connectivity index is 1.58. The SMILES string of the molecule is COC(=O)[C@H](Cc1ccc(C#N)cc1)NC(=O)C[C@@H]1NC(=O)[C@H](Cc2ccccc2)NC1=O. The number of esters is 1. The van der Waals surface area contributed by atoms with E-state index in [0.29, 0.717) is 12.0 Å². The molecule has 0 unspecified atom stereocenters. The van der Waals surface area contributed by atoms with Crippen molar-refractivity contribution in [2.75, 3.05) is 7.11 Å². The van der Waals surface area contributed by atoms with Crippen LogP contribution >= 0.6 is 0 Å². The Bertz CT molecular complexity index is 1060. The molecule has 1 heterocycles. The zero-order valence-corrected chi connectivity index (χ0v) is 18.0. The second kappa shape index (κ2) is 10.9. The van der Waals surface area contributed by atoms with Gasteiger partial charge in [0.25, 0.3) is 0 Å². The molecule has 0 bridgehead atoms. The number of carbonyl (C=O) groups is 4. The zero-order chi connectivity index (χ0) is 23.8. The summed E-state index contributed by atoms with van der Waals surface area (Å²) in [7, 11) is 1.21. The van der Waals surface area contributed by atoms with Crippen molar-refractivity contribution in [1.82, 2.24) is 16.0 Å². The van der Waals surface area contributed by atoms with Gasteiger partial charge < -0.3 is 20.7 Å². The van der Waals surface area contributed by atoms with E-state index in [-0.39, 0.29) is 18.7 Å². The van der Waals surface area contributed by atoms with E-state index in [0.717, 1.165) is 11.1 Å².